The van der Waals surface area contributed by atoms with Gasteiger partial charge in [-0.25, -0.2) is 0 Å². The molecule has 0 spiro atoms. The summed E-state index contributed by atoms with van der Waals surface area (Å²) in [5.41, 5.74) is 0.871. The molecule has 1 aliphatic rings. The summed E-state index contributed by atoms with van der Waals surface area (Å²) in [6, 6.07) is 7.20. The Labute approximate surface area is 146 Å². The lowest BCUT2D eigenvalue weighted by atomic mass is 9.92. The lowest BCUT2D eigenvalue weighted by Crippen LogP contribution is -2.43. The molecule has 7 heteroatoms. The Morgan fingerprint density at radius 1 is 1.42 bits per heavy atom. The fourth-order valence-electron chi connectivity index (χ4n) is 3.01. The fraction of sp³-hybridized carbons (Fsp3) is 0.471. The van der Waals surface area contributed by atoms with Gasteiger partial charge < -0.3 is 15.2 Å². The van der Waals surface area contributed by atoms with Crippen LogP contribution in [0.2, 0.25) is 5.02 Å². The zero-order valence-electron chi connectivity index (χ0n) is 13.8. The van der Waals surface area contributed by atoms with Gasteiger partial charge in [0.1, 0.15) is 6.04 Å². The number of rotatable bonds is 4. The van der Waals surface area contributed by atoms with E-state index in [4.69, 9.17) is 16.1 Å². The smallest absolute Gasteiger partial charge is 0.224 e. The predicted octanol–water partition coefficient (Wildman–Crippen LogP) is 2.63. The van der Waals surface area contributed by atoms with Gasteiger partial charge in [-0.1, -0.05) is 28.9 Å². The van der Waals surface area contributed by atoms with Crippen LogP contribution in [-0.2, 0) is 4.79 Å². The van der Waals surface area contributed by atoms with Gasteiger partial charge in [0.2, 0.25) is 11.8 Å². The van der Waals surface area contributed by atoms with Crippen LogP contribution in [0.4, 0.5) is 0 Å². The fourth-order valence-corrected chi connectivity index (χ4v) is 3.14. The molecule has 1 unspecified atom stereocenters. The van der Waals surface area contributed by atoms with Crippen LogP contribution in [0.5, 0.6) is 0 Å². The molecule has 0 aliphatic carbocycles. The molecule has 2 heterocycles. The minimum Gasteiger partial charge on any atom is -0.342 e. The van der Waals surface area contributed by atoms with Crippen molar-refractivity contribution in [2.24, 2.45) is 5.92 Å². The molecule has 1 saturated heterocycles. The van der Waals surface area contributed by atoms with Crippen molar-refractivity contribution in [3.63, 3.8) is 0 Å². The lowest BCUT2D eigenvalue weighted by molar-refractivity contribution is -0.126. The maximum atomic E-state index is 12.7. The first-order valence-electron chi connectivity index (χ1n) is 8.12. The van der Waals surface area contributed by atoms with Crippen molar-refractivity contribution >= 4 is 17.5 Å². The molecule has 1 aliphatic heterocycles. The van der Waals surface area contributed by atoms with Crippen molar-refractivity contribution in [1.29, 1.82) is 0 Å². The van der Waals surface area contributed by atoms with Crippen molar-refractivity contribution in [3.05, 3.63) is 46.6 Å². The number of piperidine rings is 1. The second kappa shape index (κ2) is 7.32. The summed E-state index contributed by atoms with van der Waals surface area (Å²) in [4.78, 5) is 17.0. The van der Waals surface area contributed by atoms with Gasteiger partial charge in [0.05, 0.1) is 0 Å². The van der Waals surface area contributed by atoms with E-state index < -0.39 is 6.04 Å². The molecule has 2 aromatic rings. The lowest BCUT2D eigenvalue weighted by Gasteiger charge is -2.28. The number of carbonyl (C=O) groups is 1. The number of carbonyl (C=O) groups excluding carboxylic acids is 1. The number of halogens is 1. The van der Waals surface area contributed by atoms with E-state index in [1.807, 2.05) is 12.1 Å². The summed E-state index contributed by atoms with van der Waals surface area (Å²) in [6.45, 7) is 4.68. The van der Waals surface area contributed by atoms with Crippen LogP contribution in [0.3, 0.4) is 0 Å². The molecular weight excluding hydrogens is 328 g/mol. The highest BCUT2D eigenvalue weighted by atomic mass is 35.5. The minimum atomic E-state index is -0.447. The van der Waals surface area contributed by atoms with Gasteiger partial charge in [0.15, 0.2) is 5.82 Å². The third-order valence-electron chi connectivity index (χ3n) is 4.29. The molecule has 0 bridgehead atoms. The maximum Gasteiger partial charge on any atom is 0.224 e. The van der Waals surface area contributed by atoms with Gasteiger partial charge >= 0.3 is 0 Å². The number of hydrogen-bond acceptors (Lipinski definition) is 5. The van der Waals surface area contributed by atoms with Gasteiger partial charge in [-0.2, -0.15) is 4.98 Å². The zero-order chi connectivity index (χ0) is 17.1. The largest absolute Gasteiger partial charge is 0.342 e. The summed E-state index contributed by atoms with van der Waals surface area (Å²) >= 11 is 5.97. The van der Waals surface area contributed by atoms with E-state index in [9.17, 15) is 4.79 Å². The predicted molar refractivity (Wildman–Crippen MR) is 90.7 cm³/mol. The van der Waals surface area contributed by atoms with Crippen molar-refractivity contribution in [2.45, 2.75) is 38.8 Å². The number of amides is 1. The van der Waals surface area contributed by atoms with Crippen LogP contribution in [0.15, 0.2) is 28.8 Å². The molecule has 0 radical (unpaired) electrons. The average Bonchev–Trinajstić information content (AvgIpc) is 2.99. The molecule has 24 heavy (non-hydrogen) atoms. The molecule has 128 valence electrons. The Balaban J connectivity index is 1.82. The summed E-state index contributed by atoms with van der Waals surface area (Å²) in [5, 5.41) is 11.1. The summed E-state index contributed by atoms with van der Waals surface area (Å²) < 4.78 is 5.09. The summed E-state index contributed by atoms with van der Waals surface area (Å²) in [5.74, 6) is 0.925. The van der Waals surface area contributed by atoms with E-state index in [1.54, 1.807) is 19.1 Å². The van der Waals surface area contributed by atoms with E-state index in [-0.39, 0.29) is 11.8 Å². The Morgan fingerprint density at radius 2 is 2.17 bits per heavy atom. The van der Waals surface area contributed by atoms with Crippen molar-refractivity contribution in [3.8, 4) is 0 Å². The van der Waals surface area contributed by atoms with Gasteiger partial charge in [-0.15, -0.1) is 0 Å². The molecule has 3 rings (SSSR count). The number of aromatic nitrogens is 2. The van der Waals surface area contributed by atoms with Crippen molar-refractivity contribution in [2.75, 3.05) is 6.54 Å². The van der Waals surface area contributed by atoms with Crippen molar-refractivity contribution in [1.82, 2.24) is 20.8 Å². The van der Waals surface area contributed by atoms with Crippen LogP contribution in [0.25, 0.3) is 0 Å². The third kappa shape index (κ3) is 3.94. The Morgan fingerprint density at radius 3 is 2.79 bits per heavy atom. The van der Waals surface area contributed by atoms with Gasteiger partial charge in [0, 0.05) is 23.9 Å². The molecule has 1 amide bonds. The first-order chi connectivity index (χ1) is 11.5. The second-order valence-corrected chi connectivity index (χ2v) is 6.68. The standard InChI is InChI=1S/C17H21ClN4O2/c1-10-9-13(7-8-19-10)17(23)21-15(16-20-11(2)24-22-16)12-3-5-14(18)6-4-12/h3-6,10,13,15,19H,7-9H2,1-2H3,(H,21,23)/t10-,13-,15?/m0/s1. The quantitative estimate of drug-likeness (QED) is 0.887. The molecule has 1 aromatic heterocycles. The van der Waals surface area contributed by atoms with Crippen LogP contribution in [0, 0.1) is 12.8 Å². The molecule has 6 nitrogen and oxygen atoms in total. The highest BCUT2D eigenvalue weighted by molar-refractivity contribution is 6.30. The van der Waals surface area contributed by atoms with Gasteiger partial charge in [-0.3, -0.25) is 4.79 Å². The Bertz CT molecular complexity index is 701. The summed E-state index contributed by atoms with van der Waals surface area (Å²) in [7, 11) is 0. The van der Waals surface area contributed by atoms with Gasteiger partial charge in [-0.05, 0) is 44.0 Å². The maximum absolute atomic E-state index is 12.7. The van der Waals surface area contributed by atoms with E-state index in [1.165, 1.54) is 0 Å². The first-order valence-corrected chi connectivity index (χ1v) is 8.50. The molecule has 2 N–H and O–H groups in total. The van der Waals surface area contributed by atoms with E-state index in [2.05, 4.69) is 27.7 Å². The van der Waals surface area contributed by atoms with Crippen molar-refractivity contribution < 1.29 is 9.32 Å². The highest BCUT2D eigenvalue weighted by Crippen LogP contribution is 2.24. The monoisotopic (exact) mass is 348 g/mol. The van der Waals surface area contributed by atoms with E-state index in [0.29, 0.717) is 22.8 Å². The molecular formula is C17H21ClN4O2. The number of benzene rings is 1. The van der Waals surface area contributed by atoms with Crippen LogP contribution >= 0.6 is 11.6 Å². The van der Waals surface area contributed by atoms with E-state index in [0.717, 1.165) is 24.9 Å². The Kier molecular flexibility index (Phi) is 5.16. The normalized spacial score (nSPS) is 22.1. The second-order valence-electron chi connectivity index (χ2n) is 6.24. The van der Waals surface area contributed by atoms with Crippen LogP contribution in [-0.4, -0.2) is 28.6 Å². The molecule has 1 fully saturated rings. The third-order valence-corrected chi connectivity index (χ3v) is 4.54. The zero-order valence-corrected chi connectivity index (χ0v) is 14.5. The number of nitrogens with zero attached hydrogens (tertiary/aromatic N) is 2. The SMILES string of the molecule is Cc1nc(C(NC(=O)[C@H]2CCN[C@@H](C)C2)c2ccc(Cl)cc2)no1. The van der Waals surface area contributed by atoms with Crippen LogP contribution in [0.1, 0.15) is 43.1 Å². The number of aryl methyl sites for hydroxylation is 1. The average molecular weight is 349 g/mol. The molecule has 0 saturated carbocycles. The first kappa shape index (κ1) is 16.9. The van der Waals surface area contributed by atoms with Gasteiger partial charge in [0.25, 0.3) is 0 Å². The number of nitrogens with one attached hydrogen (secondary N) is 2. The number of hydrogen-bond donors (Lipinski definition) is 2. The highest BCUT2D eigenvalue weighted by Gasteiger charge is 2.29. The Hall–Kier alpha value is -1.92. The summed E-state index contributed by atoms with van der Waals surface area (Å²) in [6.07, 6.45) is 1.65. The minimum absolute atomic E-state index is 0.0101. The van der Waals surface area contributed by atoms with Crippen LogP contribution < -0.4 is 10.6 Å². The molecule has 3 atom stereocenters. The molecule has 1 aromatic carbocycles. The topological polar surface area (TPSA) is 80.0 Å². The van der Waals surface area contributed by atoms with E-state index >= 15 is 0 Å².